The number of halogens is 1. The minimum absolute atomic E-state index is 0.00158. The Morgan fingerprint density at radius 3 is 2.82 bits per heavy atom. The van der Waals surface area contributed by atoms with Crippen LogP contribution in [0.3, 0.4) is 0 Å². The molecule has 7 nitrogen and oxygen atoms in total. The molecular weight excluding hydrogens is 306 g/mol. The standard InChI is InChI=1S/C13H16BClN4O3/c1-3-12(7-20,22-2)13(14,21)6-19-5-4-8-9(16)17-11(15)18-10(8)19/h1,4-5,20-21H,6-7,14H2,2H3,(H2,16,17,18)/t12-,13-/m1/s1. The van der Waals surface area contributed by atoms with Gasteiger partial charge >= 0.3 is 0 Å². The van der Waals surface area contributed by atoms with Crippen molar-refractivity contribution in [2.24, 2.45) is 0 Å². The Balaban J connectivity index is 2.49. The maximum absolute atomic E-state index is 10.7. The average Bonchev–Trinajstić information content (AvgIpc) is 2.84. The second-order valence-electron chi connectivity index (χ2n) is 5.17. The molecule has 0 saturated carbocycles. The molecule has 116 valence electrons. The lowest BCUT2D eigenvalue weighted by Crippen LogP contribution is -2.59. The topological polar surface area (TPSA) is 106 Å². The molecule has 2 atom stereocenters. The normalized spacial score (nSPS) is 16.9. The van der Waals surface area contributed by atoms with Gasteiger partial charge in [0.2, 0.25) is 5.28 Å². The van der Waals surface area contributed by atoms with Crippen LogP contribution in [0.15, 0.2) is 12.3 Å². The summed E-state index contributed by atoms with van der Waals surface area (Å²) in [5, 5.41) is 20.9. The number of methoxy groups -OCH3 is 1. The van der Waals surface area contributed by atoms with Crippen LogP contribution in [0.1, 0.15) is 0 Å². The highest BCUT2D eigenvalue weighted by molar-refractivity contribution is 6.28. The molecule has 0 amide bonds. The lowest BCUT2D eigenvalue weighted by atomic mass is 9.68. The van der Waals surface area contributed by atoms with Crippen LogP contribution in [-0.2, 0) is 11.3 Å². The number of hydrogen-bond acceptors (Lipinski definition) is 6. The number of nitrogen functional groups attached to an aromatic ring is 1. The highest BCUT2D eigenvalue weighted by atomic mass is 35.5. The van der Waals surface area contributed by atoms with Crippen LogP contribution in [0.2, 0.25) is 5.28 Å². The van der Waals surface area contributed by atoms with Crippen LogP contribution in [-0.4, -0.2) is 57.4 Å². The minimum Gasteiger partial charge on any atom is -0.393 e. The van der Waals surface area contributed by atoms with Crippen molar-refractivity contribution in [2.45, 2.75) is 17.6 Å². The van der Waals surface area contributed by atoms with E-state index in [1.54, 1.807) is 16.8 Å². The molecule has 2 heterocycles. The zero-order valence-corrected chi connectivity index (χ0v) is 13.0. The summed E-state index contributed by atoms with van der Waals surface area (Å²) in [7, 11) is 2.81. The number of ether oxygens (including phenoxy) is 1. The second-order valence-corrected chi connectivity index (χ2v) is 5.50. The van der Waals surface area contributed by atoms with Gasteiger partial charge in [0.05, 0.1) is 17.5 Å². The molecule has 9 heteroatoms. The molecule has 0 aliphatic heterocycles. The van der Waals surface area contributed by atoms with Gasteiger partial charge in [0, 0.05) is 19.9 Å². The third-order valence-corrected chi connectivity index (χ3v) is 3.94. The predicted molar refractivity (Wildman–Crippen MR) is 86.1 cm³/mol. The van der Waals surface area contributed by atoms with E-state index in [4.69, 9.17) is 28.5 Å². The van der Waals surface area contributed by atoms with Gasteiger partial charge in [0.15, 0.2) is 13.4 Å². The second kappa shape index (κ2) is 5.78. The number of nitrogens with zero attached hydrogens (tertiary/aromatic N) is 3. The summed E-state index contributed by atoms with van der Waals surface area (Å²) < 4.78 is 6.80. The van der Waals surface area contributed by atoms with Gasteiger partial charge < -0.3 is 25.3 Å². The van der Waals surface area contributed by atoms with Crippen LogP contribution in [0, 0.1) is 12.3 Å². The third-order valence-electron chi connectivity index (χ3n) is 3.77. The van der Waals surface area contributed by atoms with Crippen LogP contribution < -0.4 is 5.73 Å². The number of rotatable bonds is 5. The van der Waals surface area contributed by atoms with E-state index in [0.29, 0.717) is 11.0 Å². The van der Waals surface area contributed by atoms with Gasteiger partial charge in [-0.15, -0.1) is 6.42 Å². The predicted octanol–water partition coefficient (Wildman–Crippen LogP) is -1.00. The highest BCUT2D eigenvalue weighted by Gasteiger charge is 2.46. The summed E-state index contributed by atoms with van der Waals surface area (Å²) in [5.74, 6) is 2.56. The number of aliphatic hydroxyl groups is 2. The van der Waals surface area contributed by atoms with Crippen molar-refractivity contribution in [3.8, 4) is 12.3 Å². The van der Waals surface area contributed by atoms with Gasteiger partial charge in [-0.2, -0.15) is 4.98 Å². The summed E-state index contributed by atoms with van der Waals surface area (Å²) in [6.07, 6.45) is 7.11. The molecule has 4 N–H and O–H groups in total. The van der Waals surface area contributed by atoms with Crippen molar-refractivity contribution in [2.75, 3.05) is 19.5 Å². The molecular formula is C13H16BClN4O3. The fourth-order valence-electron chi connectivity index (χ4n) is 2.36. The first-order valence-corrected chi connectivity index (χ1v) is 6.82. The molecule has 22 heavy (non-hydrogen) atoms. The molecule has 2 rings (SSSR count). The van der Waals surface area contributed by atoms with Crippen molar-refractivity contribution in [1.29, 1.82) is 0 Å². The third kappa shape index (κ3) is 2.53. The Kier molecular flexibility index (Phi) is 4.36. The number of nitrogens with two attached hydrogens (primary N) is 1. The van der Waals surface area contributed by atoms with Crippen LogP contribution in [0.25, 0.3) is 11.0 Å². The van der Waals surface area contributed by atoms with Gasteiger partial charge in [-0.05, 0) is 17.7 Å². The maximum atomic E-state index is 10.7. The Morgan fingerprint density at radius 2 is 2.27 bits per heavy atom. The lowest BCUT2D eigenvalue weighted by molar-refractivity contribution is -0.118. The van der Waals surface area contributed by atoms with Gasteiger partial charge in [-0.3, -0.25) is 0 Å². The number of aliphatic hydroxyl groups excluding tert-OH is 1. The monoisotopic (exact) mass is 322 g/mol. The van der Waals surface area contributed by atoms with Gasteiger partial charge in [0.1, 0.15) is 11.5 Å². The van der Waals surface area contributed by atoms with Crippen molar-refractivity contribution >= 4 is 36.3 Å². The summed E-state index contributed by atoms with van der Waals surface area (Å²) in [6.45, 7) is -0.522. The average molecular weight is 323 g/mol. The zero-order valence-electron chi connectivity index (χ0n) is 12.2. The van der Waals surface area contributed by atoms with Crippen LogP contribution in [0.5, 0.6) is 0 Å². The summed E-state index contributed by atoms with van der Waals surface area (Å²) in [4.78, 5) is 7.98. The molecule has 2 aromatic heterocycles. The minimum atomic E-state index is -1.57. The van der Waals surface area contributed by atoms with E-state index in [1.165, 1.54) is 15.0 Å². The highest BCUT2D eigenvalue weighted by Crippen LogP contribution is 2.27. The summed E-state index contributed by atoms with van der Waals surface area (Å²) in [6, 6.07) is 1.71. The number of fused-ring (bicyclic) bond motifs is 1. The first-order chi connectivity index (χ1) is 10.3. The van der Waals surface area contributed by atoms with E-state index < -0.39 is 17.7 Å². The van der Waals surface area contributed by atoms with Crippen LogP contribution in [0.4, 0.5) is 5.82 Å². The fraction of sp³-hybridized carbons (Fsp3) is 0.385. The Labute approximate surface area is 133 Å². The van der Waals surface area contributed by atoms with Crippen molar-refractivity contribution in [1.82, 2.24) is 14.5 Å². The first-order valence-electron chi connectivity index (χ1n) is 6.44. The Bertz CT molecular complexity index is 737. The molecule has 0 aromatic carbocycles. The molecule has 0 radical (unpaired) electrons. The number of terminal acetylenes is 1. The van der Waals surface area contributed by atoms with Gasteiger partial charge in [-0.25, -0.2) is 4.98 Å². The Morgan fingerprint density at radius 1 is 1.59 bits per heavy atom. The van der Waals surface area contributed by atoms with E-state index in [9.17, 15) is 10.2 Å². The number of anilines is 1. The smallest absolute Gasteiger partial charge is 0.226 e. The van der Waals surface area contributed by atoms with Crippen molar-refractivity contribution < 1.29 is 14.9 Å². The van der Waals surface area contributed by atoms with Gasteiger partial charge in [0.25, 0.3) is 0 Å². The molecule has 0 aliphatic carbocycles. The van der Waals surface area contributed by atoms with E-state index in [2.05, 4.69) is 15.9 Å². The van der Waals surface area contributed by atoms with E-state index in [-0.39, 0.29) is 17.6 Å². The molecule has 0 spiro atoms. The quantitative estimate of drug-likeness (QED) is 0.370. The fourth-order valence-corrected chi connectivity index (χ4v) is 2.53. The molecule has 0 saturated heterocycles. The maximum Gasteiger partial charge on any atom is 0.226 e. The lowest BCUT2D eigenvalue weighted by Gasteiger charge is -2.39. The molecule has 0 fully saturated rings. The van der Waals surface area contributed by atoms with E-state index in [1.807, 2.05) is 0 Å². The number of aromatic nitrogens is 3. The molecule has 0 aliphatic rings. The summed E-state index contributed by atoms with van der Waals surface area (Å²) >= 11 is 5.82. The largest absolute Gasteiger partial charge is 0.393 e. The van der Waals surface area contributed by atoms with Crippen LogP contribution >= 0.6 is 11.6 Å². The van der Waals surface area contributed by atoms with Crippen molar-refractivity contribution in [3.05, 3.63) is 17.5 Å². The molecule has 0 bridgehead atoms. The summed E-state index contributed by atoms with van der Waals surface area (Å²) in [5.41, 5.74) is 3.13. The van der Waals surface area contributed by atoms with Crippen molar-refractivity contribution in [3.63, 3.8) is 0 Å². The zero-order chi connectivity index (χ0) is 16.5. The Hall–Kier alpha value is -1.79. The van der Waals surface area contributed by atoms with E-state index >= 15 is 0 Å². The van der Waals surface area contributed by atoms with E-state index in [0.717, 1.165) is 0 Å². The SMILES string of the molecule is B[C@@](O)(Cn1ccc2c(N)nc(Cl)nc21)[C@@](C#C)(CO)OC. The molecule has 0 unspecified atom stereocenters. The molecule has 2 aromatic rings. The van der Waals surface area contributed by atoms with Gasteiger partial charge in [-0.1, -0.05) is 5.92 Å². The number of hydrogen-bond donors (Lipinski definition) is 3. The first kappa shape index (κ1) is 16.6.